The fourth-order valence-corrected chi connectivity index (χ4v) is 2.51. The van der Waals surface area contributed by atoms with Crippen LogP contribution in [0.4, 0.5) is 0 Å². The number of halogens is 1. The van der Waals surface area contributed by atoms with E-state index in [9.17, 15) is 0 Å². The molecular weight excluding hydrogens is 495 g/mol. The molecule has 8 heteroatoms. The van der Waals surface area contributed by atoms with Gasteiger partial charge >= 0.3 is 0 Å². The topological polar surface area (TPSA) is 80.9 Å². The lowest BCUT2D eigenvalue weighted by molar-refractivity contribution is 0.124. The van der Waals surface area contributed by atoms with Crippen molar-refractivity contribution in [1.82, 2.24) is 15.6 Å². The third-order valence-electron chi connectivity index (χ3n) is 3.83. The van der Waals surface area contributed by atoms with E-state index in [1.165, 1.54) is 0 Å². The zero-order valence-electron chi connectivity index (χ0n) is 18.4. The minimum atomic E-state index is -0.261. The minimum absolute atomic E-state index is 0. The SMILES string of the molecule is CCOCCCNC(=NCc1ccc(OC(C)(C)C)nc1)NCCc1ccco1.I. The summed E-state index contributed by atoms with van der Waals surface area (Å²) in [4.78, 5) is 9.05. The first-order valence-electron chi connectivity index (χ1n) is 10.2. The summed E-state index contributed by atoms with van der Waals surface area (Å²) in [5.74, 6) is 2.34. The van der Waals surface area contributed by atoms with Crippen molar-refractivity contribution in [1.29, 1.82) is 0 Å². The van der Waals surface area contributed by atoms with Crippen LogP contribution in [0.25, 0.3) is 0 Å². The minimum Gasteiger partial charge on any atom is -0.472 e. The first-order chi connectivity index (χ1) is 14.0. The van der Waals surface area contributed by atoms with Crippen LogP contribution in [0.1, 0.15) is 45.4 Å². The number of furan rings is 1. The highest BCUT2D eigenvalue weighted by atomic mass is 127. The fourth-order valence-electron chi connectivity index (χ4n) is 2.51. The lowest BCUT2D eigenvalue weighted by Gasteiger charge is -2.20. The Morgan fingerprint density at radius 1 is 1.17 bits per heavy atom. The van der Waals surface area contributed by atoms with E-state index in [4.69, 9.17) is 13.9 Å². The summed E-state index contributed by atoms with van der Waals surface area (Å²) in [6, 6.07) is 7.75. The van der Waals surface area contributed by atoms with E-state index in [0.717, 1.165) is 56.4 Å². The van der Waals surface area contributed by atoms with Crippen molar-refractivity contribution in [2.45, 2.75) is 52.7 Å². The highest BCUT2D eigenvalue weighted by Crippen LogP contribution is 2.15. The highest BCUT2D eigenvalue weighted by Gasteiger charge is 2.12. The number of nitrogens with zero attached hydrogens (tertiary/aromatic N) is 2. The lowest BCUT2D eigenvalue weighted by Crippen LogP contribution is -2.39. The van der Waals surface area contributed by atoms with Crippen LogP contribution in [-0.4, -0.2) is 42.8 Å². The van der Waals surface area contributed by atoms with Gasteiger partial charge in [0.05, 0.1) is 12.8 Å². The van der Waals surface area contributed by atoms with Crippen LogP contribution in [-0.2, 0) is 17.7 Å². The van der Waals surface area contributed by atoms with Crippen LogP contribution >= 0.6 is 24.0 Å². The Morgan fingerprint density at radius 2 is 1.97 bits per heavy atom. The van der Waals surface area contributed by atoms with Crippen molar-refractivity contribution in [3.05, 3.63) is 48.0 Å². The van der Waals surface area contributed by atoms with E-state index in [-0.39, 0.29) is 29.6 Å². The molecule has 0 aliphatic heterocycles. The number of nitrogens with one attached hydrogen (secondary N) is 2. The third kappa shape index (κ3) is 11.4. The molecule has 2 heterocycles. The maximum atomic E-state index is 5.76. The predicted molar refractivity (Wildman–Crippen MR) is 131 cm³/mol. The first-order valence-corrected chi connectivity index (χ1v) is 10.2. The molecule has 2 aromatic rings. The monoisotopic (exact) mass is 530 g/mol. The van der Waals surface area contributed by atoms with Crippen molar-refractivity contribution in [2.75, 3.05) is 26.3 Å². The van der Waals surface area contributed by atoms with Crippen molar-refractivity contribution >= 4 is 29.9 Å². The Hall–Kier alpha value is -1.81. The number of guanidine groups is 1. The molecule has 0 radical (unpaired) electrons. The summed E-state index contributed by atoms with van der Waals surface area (Å²) < 4.78 is 16.5. The molecule has 2 N–H and O–H groups in total. The Bertz CT molecular complexity index is 713. The second kappa shape index (κ2) is 14.2. The van der Waals surface area contributed by atoms with Crippen LogP contribution < -0.4 is 15.4 Å². The van der Waals surface area contributed by atoms with Gasteiger partial charge in [0, 0.05) is 45.0 Å². The van der Waals surface area contributed by atoms with E-state index in [2.05, 4.69) is 20.6 Å². The van der Waals surface area contributed by atoms with Crippen LogP contribution in [0, 0.1) is 0 Å². The molecule has 0 fully saturated rings. The zero-order valence-corrected chi connectivity index (χ0v) is 20.8. The molecule has 0 saturated carbocycles. The van der Waals surface area contributed by atoms with Crippen LogP contribution in [0.15, 0.2) is 46.1 Å². The van der Waals surface area contributed by atoms with Crippen molar-refractivity contribution in [2.24, 2.45) is 4.99 Å². The molecule has 0 atom stereocenters. The average molecular weight is 530 g/mol. The van der Waals surface area contributed by atoms with Gasteiger partial charge < -0.3 is 24.5 Å². The van der Waals surface area contributed by atoms with E-state index >= 15 is 0 Å². The van der Waals surface area contributed by atoms with Gasteiger partial charge in [0.2, 0.25) is 5.88 Å². The second-order valence-corrected chi connectivity index (χ2v) is 7.62. The normalized spacial score (nSPS) is 11.7. The summed E-state index contributed by atoms with van der Waals surface area (Å²) in [5, 5.41) is 6.71. The first kappa shape index (κ1) is 26.2. The third-order valence-corrected chi connectivity index (χ3v) is 3.83. The summed E-state index contributed by atoms with van der Waals surface area (Å²) in [6.45, 7) is 11.6. The summed E-state index contributed by atoms with van der Waals surface area (Å²) in [6.07, 6.45) is 5.22. The van der Waals surface area contributed by atoms with Gasteiger partial charge in [-0.05, 0) is 51.8 Å². The van der Waals surface area contributed by atoms with Crippen LogP contribution in [0.3, 0.4) is 0 Å². The van der Waals surface area contributed by atoms with Gasteiger partial charge in [-0.25, -0.2) is 9.98 Å². The Balaban J connectivity index is 0.00000450. The molecule has 7 nitrogen and oxygen atoms in total. The Morgan fingerprint density at radius 3 is 2.60 bits per heavy atom. The molecule has 0 aromatic carbocycles. The Labute approximate surface area is 197 Å². The summed E-state index contributed by atoms with van der Waals surface area (Å²) in [5.41, 5.74) is 0.760. The summed E-state index contributed by atoms with van der Waals surface area (Å²) >= 11 is 0. The molecule has 2 rings (SSSR count). The predicted octanol–water partition coefficient (Wildman–Crippen LogP) is 4.17. The highest BCUT2D eigenvalue weighted by molar-refractivity contribution is 14.0. The number of hydrogen-bond donors (Lipinski definition) is 2. The number of aromatic nitrogens is 1. The van der Waals surface area contributed by atoms with Gasteiger partial charge in [-0.1, -0.05) is 6.07 Å². The molecule has 168 valence electrons. The lowest BCUT2D eigenvalue weighted by atomic mass is 10.2. The molecule has 0 unspecified atom stereocenters. The Kier molecular flexibility index (Phi) is 12.4. The second-order valence-electron chi connectivity index (χ2n) is 7.62. The largest absolute Gasteiger partial charge is 0.472 e. The molecule has 0 bridgehead atoms. The van der Waals surface area contributed by atoms with Crippen molar-refractivity contribution in [3.8, 4) is 5.88 Å². The number of rotatable bonds is 11. The maximum absolute atomic E-state index is 5.76. The van der Waals surface area contributed by atoms with Gasteiger partial charge in [-0.3, -0.25) is 0 Å². The number of ether oxygens (including phenoxy) is 2. The van der Waals surface area contributed by atoms with Gasteiger partial charge in [0.25, 0.3) is 0 Å². The number of hydrogen-bond acceptors (Lipinski definition) is 5. The van der Waals surface area contributed by atoms with Crippen LogP contribution in [0.2, 0.25) is 0 Å². The number of aliphatic imine (C=N–C) groups is 1. The maximum Gasteiger partial charge on any atom is 0.213 e. The molecule has 0 aliphatic carbocycles. The van der Waals surface area contributed by atoms with Crippen molar-refractivity contribution < 1.29 is 13.9 Å². The van der Waals surface area contributed by atoms with E-state index < -0.39 is 0 Å². The van der Waals surface area contributed by atoms with Crippen LogP contribution in [0.5, 0.6) is 5.88 Å². The van der Waals surface area contributed by atoms with Gasteiger partial charge in [0.1, 0.15) is 11.4 Å². The fraction of sp³-hybridized carbons (Fsp3) is 0.545. The van der Waals surface area contributed by atoms with Gasteiger partial charge in [0.15, 0.2) is 5.96 Å². The van der Waals surface area contributed by atoms with Gasteiger partial charge in [-0.15, -0.1) is 24.0 Å². The standard InChI is InChI=1S/C22H34N4O3.HI/c1-5-27-14-7-12-23-21(24-13-11-19-8-6-15-28-19)26-17-18-9-10-20(25-16-18)29-22(2,3)4;/h6,8-10,15-16H,5,7,11-14,17H2,1-4H3,(H2,23,24,26);1H. The van der Waals surface area contributed by atoms with E-state index in [1.807, 2.05) is 52.0 Å². The number of pyridine rings is 1. The smallest absolute Gasteiger partial charge is 0.213 e. The molecule has 2 aromatic heterocycles. The van der Waals surface area contributed by atoms with Gasteiger partial charge in [-0.2, -0.15) is 0 Å². The molecule has 30 heavy (non-hydrogen) atoms. The molecule has 0 aliphatic rings. The molecule has 0 saturated heterocycles. The average Bonchev–Trinajstić information content (AvgIpc) is 3.19. The molecule has 0 spiro atoms. The van der Waals surface area contributed by atoms with Crippen molar-refractivity contribution in [3.63, 3.8) is 0 Å². The summed E-state index contributed by atoms with van der Waals surface area (Å²) in [7, 11) is 0. The quantitative estimate of drug-likeness (QED) is 0.197. The van der Waals surface area contributed by atoms with E-state index in [0.29, 0.717) is 12.4 Å². The molecular formula is C22H35IN4O3. The zero-order chi connectivity index (χ0) is 21.0. The molecule has 0 amide bonds. The van der Waals surface area contributed by atoms with E-state index in [1.54, 1.807) is 12.5 Å².